The fourth-order valence-electron chi connectivity index (χ4n) is 2.95. The van der Waals surface area contributed by atoms with Crippen LogP contribution in [0.4, 0.5) is 5.00 Å². The van der Waals surface area contributed by atoms with Crippen molar-refractivity contribution in [2.45, 2.75) is 38.6 Å². The summed E-state index contributed by atoms with van der Waals surface area (Å²) in [4.78, 5) is 37.3. The summed E-state index contributed by atoms with van der Waals surface area (Å²) in [6, 6.07) is 3.50. The lowest BCUT2D eigenvalue weighted by atomic mass is 10.1. The standard InChI is InChI=1S/C21H22BrN5O5S2/c1-5-8-27-18(12-6-7-13(22)32-12)25-26-21(27)33-9-14(28)24-19-15(20(30)31-10(2)3)11(4)16(34-19)17(23)29/h5-7,10H,1,8-9H2,2-4H3,(H2,23,29)(H,24,28). The van der Waals surface area contributed by atoms with Gasteiger partial charge < -0.3 is 20.2 Å². The van der Waals surface area contributed by atoms with E-state index in [1.807, 2.05) is 0 Å². The molecule has 2 amide bonds. The summed E-state index contributed by atoms with van der Waals surface area (Å²) in [5.74, 6) is -0.759. The summed E-state index contributed by atoms with van der Waals surface area (Å²) >= 11 is 5.35. The van der Waals surface area contributed by atoms with Gasteiger partial charge in [0, 0.05) is 6.54 Å². The number of anilines is 1. The van der Waals surface area contributed by atoms with Crippen molar-refractivity contribution in [2.24, 2.45) is 5.73 Å². The minimum Gasteiger partial charge on any atom is -0.459 e. The molecular formula is C21H22BrN5O5S2. The second kappa shape index (κ2) is 11.0. The van der Waals surface area contributed by atoms with E-state index in [2.05, 4.69) is 38.0 Å². The Bertz CT molecular complexity index is 1250. The summed E-state index contributed by atoms with van der Waals surface area (Å²) < 4.78 is 13.1. The number of thiophene rings is 1. The van der Waals surface area contributed by atoms with Crippen LogP contribution >= 0.6 is 39.0 Å². The molecule has 10 nitrogen and oxygen atoms in total. The number of aromatic nitrogens is 3. The number of thioether (sulfide) groups is 1. The SMILES string of the molecule is C=CCn1c(SCC(=O)Nc2sc(C(N)=O)c(C)c2C(=O)OC(C)C)nnc1-c1ccc(Br)o1. The molecule has 3 aromatic heterocycles. The predicted octanol–water partition coefficient (Wildman–Crippen LogP) is 4.25. The Kier molecular flexibility index (Phi) is 8.33. The van der Waals surface area contributed by atoms with E-state index in [9.17, 15) is 14.4 Å². The molecule has 0 bridgehead atoms. The van der Waals surface area contributed by atoms with Gasteiger partial charge in [0.2, 0.25) is 11.7 Å². The van der Waals surface area contributed by atoms with E-state index < -0.39 is 17.8 Å². The molecule has 0 unspecified atom stereocenters. The molecule has 3 aromatic rings. The fourth-order valence-corrected chi connectivity index (χ4v) is 5.07. The zero-order chi connectivity index (χ0) is 25.0. The van der Waals surface area contributed by atoms with Gasteiger partial charge in [-0.3, -0.25) is 14.2 Å². The van der Waals surface area contributed by atoms with E-state index in [0.29, 0.717) is 33.5 Å². The number of carbonyl (C=O) groups excluding carboxylic acids is 3. The maximum atomic E-state index is 12.7. The van der Waals surface area contributed by atoms with E-state index >= 15 is 0 Å². The molecule has 180 valence electrons. The molecular weight excluding hydrogens is 546 g/mol. The van der Waals surface area contributed by atoms with Gasteiger partial charge in [0.05, 0.1) is 22.3 Å². The molecule has 0 radical (unpaired) electrons. The van der Waals surface area contributed by atoms with Crippen LogP contribution in [0.2, 0.25) is 0 Å². The summed E-state index contributed by atoms with van der Waals surface area (Å²) in [7, 11) is 0. The van der Waals surface area contributed by atoms with Gasteiger partial charge in [-0.05, 0) is 54.4 Å². The topological polar surface area (TPSA) is 142 Å². The van der Waals surface area contributed by atoms with Gasteiger partial charge in [0.1, 0.15) is 5.00 Å². The number of nitrogens with one attached hydrogen (secondary N) is 1. The lowest BCUT2D eigenvalue weighted by Crippen LogP contribution is -2.18. The zero-order valence-corrected chi connectivity index (χ0v) is 21.8. The number of hydrogen-bond donors (Lipinski definition) is 2. The van der Waals surface area contributed by atoms with Crippen LogP contribution < -0.4 is 11.1 Å². The highest BCUT2D eigenvalue weighted by Gasteiger charge is 2.26. The average Bonchev–Trinajstić information content (AvgIpc) is 3.43. The van der Waals surface area contributed by atoms with Crippen molar-refractivity contribution < 1.29 is 23.5 Å². The maximum absolute atomic E-state index is 12.7. The largest absolute Gasteiger partial charge is 0.459 e. The van der Waals surface area contributed by atoms with E-state index in [0.717, 1.165) is 23.1 Å². The number of amides is 2. The number of halogens is 1. The number of hydrogen-bond acceptors (Lipinski definition) is 9. The van der Waals surface area contributed by atoms with Gasteiger partial charge in [0.25, 0.3) is 5.91 Å². The number of ether oxygens (including phenoxy) is 1. The highest BCUT2D eigenvalue weighted by Crippen LogP contribution is 2.34. The number of allylic oxidation sites excluding steroid dienone is 1. The smallest absolute Gasteiger partial charge is 0.341 e. The van der Waals surface area contributed by atoms with Gasteiger partial charge >= 0.3 is 5.97 Å². The number of nitrogens with two attached hydrogens (primary N) is 1. The van der Waals surface area contributed by atoms with Crippen LogP contribution in [0.25, 0.3) is 11.6 Å². The van der Waals surface area contributed by atoms with Crippen molar-refractivity contribution in [1.29, 1.82) is 0 Å². The Morgan fingerprint density at radius 1 is 1.38 bits per heavy atom. The van der Waals surface area contributed by atoms with E-state index in [-0.39, 0.29) is 27.3 Å². The van der Waals surface area contributed by atoms with Crippen LogP contribution in [0.15, 0.2) is 39.0 Å². The molecule has 0 aliphatic heterocycles. The molecule has 0 atom stereocenters. The summed E-state index contributed by atoms with van der Waals surface area (Å²) in [5.41, 5.74) is 5.91. The second-order valence-electron chi connectivity index (χ2n) is 7.22. The highest BCUT2D eigenvalue weighted by molar-refractivity contribution is 9.10. The lowest BCUT2D eigenvalue weighted by molar-refractivity contribution is -0.113. The minimum absolute atomic E-state index is 0.0291. The summed E-state index contributed by atoms with van der Waals surface area (Å²) in [6.45, 7) is 9.16. The van der Waals surface area contributed by atoms with Gasteiger partial charge in [-0.1, -0.05) is 17.8 Å². The Labute approximate surface area is 212 Å². The van der Waals surface area contributed by atoms with Crippen molar-refractivity contribution >= 4 is 61.8 Å². The zero-order valence-electron chi connectivity index (χ0n) is 18.6. The van der Waals surface area contributed by atoms with Crippen molar-refractivity contribution in [3.8, 4) is 11.6 Å². The number of esters is 1. The van der Waals surface area contributed by atoms with Gasteiger partial charge in [-0.15, -0.1) is 28.1 Å². The molecule has 0 aliphatic rings. The van der Waals surface area contributed by atoms with Crippen LogP contribution in [0.1, 0.15) is 39.4 Å². The summed E-state index contributed by atoms with van der Waals surface area (Å²) in [5, 5.41) is 11.7. The molecule has 0 fully saturated rings. The van der Waals surface area contributed by atoms with E-state index in [1.54, 1.807) is 43.5 Å². The van der Waals surface area contributed by atoms with Crippen LogP contribution in [-0.4, -0.2) is 44.4 Å². The minimum atomic E-state index is -0.689. The molecule has 34 heavy (non-hydrogen) atoms. The fraction of sp³-hybridized carbons (Fsp3) is 0.286. The van der Waals surface area contributed by atoms with Crippen LogP contribution in [0.5, 0.6) is 0 Å². The maximum Gasteiger partial charge on any atom is 0.341 e. The number of nitrogens with zero attached hydrogens (tertiary/aromatic N) is 3. The molecule has 0 saturated carbocycles. The first kappa shape index (κ1) is 25.7. The van der Waals surface area contributed by atoms with Gasteiger partial charge in [-0.2, -0.15) is 0 Å². The number of rotatable bonds is 10. The van der Waals surface area contributed by atoms with Crippen molar-refractivity contribution in [1.82, 2.24) is 14.8 Å². The van der Waals surface area contributed by atoms with Crippen molar-refractivity contribution in [2.75, 3.05) is 11.1 Å². The van der Waals surface area contributed by atoms with Gasteiger partial charge in [0.15, 0.2) is 15.6 Å². The van der Waals surface area contributed by atoms with Crippen LogP contribution in [-0.2, 0) is 16.1 Å². The van der Waals surface area contributed by atoms with E-state index in [4.69, 9.17) is 14.9 Å². The van der Waals surface area contributed by atoms with Crippen molar-refractivity contribution in [3.05, 3.63) is 45.5 Å². The van der Waals surface area contributed by atoms with Crippen LogP contribution in [0, 0.1) is 6.92 Å². The monoisotopic (exact) mass is 567 g/mol. The Balaban J connectivity index is 1.79. The Morgan fingerprint density at radius 2 is 2.12 bits per heavy atom. The molecule has 0 saturated heterocycles. The molecule has 13 heteroatoms. The number of primary amides is 1. The second-order valence-corrected chi connectivity index (χ2v) is 9.97. The predicted molar refractivity (Wildman–Crippen MR) is 133 cm³/mol. The lowest BCUT2D eigenvalue weighted by Gasteiger charge is -2.10. The molecule has 0 aromatic carbocycles. The highest BCUT2D eigenvalue weighted by atomic mass is 79.9. The molecule has 3 rings (SSSR count). The third kappa shape index (κ3) is 5.77. The third-order valence-electron chi connectivity index (χ3n) is 4.32. The number of carbonyl (C=O) groups is 3. The average molecular weight is 568 g/mol. The van der Waals surface area contributed by atoms with Crippen LogP contribution in [0.3, 0.4) is 0 Å². The molecule has 0 spiro atoms. The first-order valence-electron chi connectivity index (χ1n) is 9.99. The normalized spacial score (nSPS) is 11.0. The third-order valence-corrected chi connectivity index (χ3v) is 6.94. The molecule has 3 N–H and O–H groups in total. The quantitative estimate of drug-likeness (QED) is 0.210. The Morgan fingerprint density at radius 3 is 2.71 bits per heavy atom. The van der Waals surface area contributed by atoms with Crippen molar-refractivity contribution in [3.63, 3.8) is 0 Å². The Hall–Kier alpha value is -2.90. The molecule has 3 heterocycles. The summed E-state index contributed by atoms with van der Waals surface area (Å²) in [6.07, 6.45) is 1.31. The first-order valence-corrected chi connectivity index (χ1v) is 12.6. The number of furan rings is 1. The first-order chi connectivity index (χ1) is 16.1. The van der Waals surface area contributed by atoms with E-state index in [1.165, 1.54) is 0 Å². The molecule has 0 aliphatic carbocycles. The van der Waals surface area contributed by atoms with Gasteiger partial charge in [-0.25, -0.2) is 4.79 Å².